The van der Waals surface area contributed by atoms with E-state index < -0.39 is 0 Å². The third-order valence-corrected chi connectivity index (χ3v) is 3.43. The molecule has 0 bridgehead atoms. The lowest BCUT2D eigenvalue weighted by Gasteiger charge is -2.26. The molecule has 2 N–H and O–H groups in total. The molecule has 1 aromatic heterocycles. The fraction of sp³-hybridized carbons (Fsp3) is 0.583. The van der Waals surface area contributed by atoms with Gasteiger partial charge >= 0.3 is 0 Å². The maximum atomic E-state index is 5.91. The zero-order chi connectivity index (χ0) is 10.7. The third-order valence-electron chi connectivity index (χ3n) is 3.43. The van der Waals surface area contributed by atoms with E-state index in [0.29, 0.717) is 12.4 Å². The number of rotatable bonds is 3. The lowest BCUT2D eigenvalue weighted by molar-refractivity contribution is 0.382. The van der Waals surface area contributed by atoms with E-state index in [1.165, 1.54) is 12.8 Å². The van der Waals surface area contributed by atoms with Gasteiger partial charge in [0.2, 0.25) is 5.88 Å². The van der Waals surface area contributed by atoms with Crippen molar-refractivity contribution in [2.24, 2.45) is 5.73 Å². The quantitative estimate of drug-likeness (QED) is 0.821. The van der Waals surface area contributed by atoms with Gasteiger partial charge in [-0.15, -0.1) is 0 Å². The summed E-state index contributed by atoms with van der Waals surface area (Å²) in [5.41, 5.74) is 7.12. The Labute approximate surface area is 90.7 Å². The lowest BCUT2D eigenvalue weighted by Crippen LogP contribution is -2.32. The molecule has 3 nitrogen and oxygen atoms in total. The van der Waals surface area contributed by atoms with E-state index in [1.807, 2.05) is 12.1 Å². The van der Waals surface area contributed by atoms with Crippen molar-refractivity contribution in [3.8, 4) is 5.88 Å². The summed E-state index contributed by atoms with van der Waals surface area (Å²) in [7, 11) is 1.65. The molecule has 0 aromatic carbocycles. The van der Waals surface area contributed by atoms with Crippen LogP contribution < -0.4 is 10.5 Å². The summed E-state index contributed by atoms with van der Waals surface area (Å²) in [6.07, 6.45) is 4.83. The van der Waals surface area contributed by atoms with E-state index in [4.69, 9.17) is 10.5 Å². The Kier molecular flexibility index (Phi) is 2.91. The summed E-state index contributed by atoms with van der Waals surface area (Å²) >= 11 is 0. The van der Waals surface area contributed by atoms with E-state index in [2.05, 4.69) is 11.1 Å². The van der Waals surface area contributed by atoms with Crippen LogP contribution in [0.2, 0.25) is 0 Å². The molecule has 0 atom stereocenters. The van der Waals surface area contributed by atoms with Crippen LogP contribution in [0.25, 0.3) is 0 Å². The average Bonchev–Trinajstić information content (AvgIpc) is 2.79. The molecule has 1 heterocycles. The maximum absolute atomic E-state index is 5.91. The predicted molar refractivity (Wildman–Crippen MR) is 60.0 cm³/mol. The first kappa shape index (κ1) is 10.4. The van der Waals surface area contributed by atoms with Crippen molar-refractivity contribution in [1.29, 1.82) is 0 Å². The molecule has 82 valence electrons. The zero-order valence-corrected chi connectivity index (χ0v) is 9.20. The lowest BCUT2D eigenvalue weighted by atomic mass is 9.82. The highest BCUT2D eigenvalue weighted by molar-refractivity contribution is 5.24. The first-order valence-electron chi connectivity index (χ1n) is 5.52. The van der Waals surface area contributed by atoms with Gasteiger partial charge in [0.1, 0.15) is 0 Å². The van der Waals surface area contributed by atoms with Crippen molar-refractivity contribution < 1.29 is 4.74 Å². The van der Waals surface area contributed by atoms with Crippen molar-refractivity contribution in [2.45, 2.75) is 31.1 Å². The SMILES string of the molecule is COc1cccc(C2(CN)CCCC2)n1. The van der Waals surface area contributed by atoms with Crippen LogP contribution in [0.5, 0.6) is 5.88 Å². The number of hydrogen-bond acceptors (Lipinski definition) is 3. The Morgan fingerprint density at radius 3 is 2.73 bits per heavy atom. The van der Waals surface area contributed by atoms with Crippen LogP contribution in [-0.4, -0.2) is 18.6 Å². The molecule has 1 fully saturated rings. The van der Waals surface area contributed by atoms with Gasteiger partial charge in [-0.25, -0.2) is 4.98 Å². The van der Waals surface area contributed by atoms with Gasteiger partial charge in [-0.2, -0.15) is 0 Å². The Bertz CT molecular complexity index is 332. The van der Waals surface area contributed by atoms with Crippen LogP contribution in [0, 0.1) is 0 Å². The molecule has 1 saturated carbocycles. The highest BCUT2D eigenvalue weighted by atomic mass is 16.5. The summed E-state index contributed by atoms with van der Waals surface area (Å²) in [5.74, 6) is 0.687. The molecular formula is C12H18N2O. The second-order valence-electron chi connectivity index (χ2n) is 4.26. The fourth-order valence-corrected chi connectivity index (χ4v) is 2.44. The Hall–Kier alpha value is -1.09. The number of nitrogens with two attached hydrogens (primary N) is 1. The summed E-state index contributed by atoms with van der Waals surface area (Å²) in [4.78, 5) is 4.51. The van der Waals surface area contributed by atoms with E-state index in [-0.39, 0.29) is 5.41 Å². The second-order valence-corrected chi connectivity index (χ2v) is 4.26. The Balaban J connectivity index is 2.33. The first-order chi connectivity index (χ1) is 7.30. The van der Waals surface area contributed by atoms with Gasteiger partial charge in [-0.1, -0.05) is 18.9 Å². The first-order valence-corrected chi connectivity index (χ1v) is 5.52. The zero-order valence-electron chi connectivity index (χ0n) is 9.20. The smallest absolute Gasteiger partial charge is 0.213 e. The number of pyridine rings is 1. The van der Waals surface area contributed by atoms with Gasteiger partial charge in [0.25, 0.3) is 0 Å². The molecule has 3 heteroatoms. The fourth-order valence-electron chi connectivity index (χ4n) is 2.44. The minimum Gasteiger partial charge on any atom is -0.481 e. The molecule has 0 spiro atoms. The second kappa shape index (κ2) is 4.19. The average molecular weight is 206 g/mol. The van der Waals surface area contributed by atoms with Crippen molar-refractivity contribution in [3.05, 3.63) is 23.9 Å². The number of nitrogens with zero attached hydrogens (tertiary/aromatic N) is 1. The van der Waals surface area contributed by atoms with E-state index in [0.717, 1.165) is 18.5 Å². The van der Waals surface area contributed by atoms with Crippen LogP contribution in [0.4, 0.5) is 0 Å². The van der Waals surface area contributed by atoms with Crippen molar-refractivity contribution >= 4 is 0 Å². The summed E-state index contributed by atoms with van der Waals surface area (Å²) < 4.78 is 5.15. The molecular weight excluding hydrogens is 188 g/mol. The van der Waals surface area contributed by atoms with Crippen LogP contribution >= 0.6 is 0 Å². The van der Waals surface area contributed by atoms with Crippen LogP contribution in [0.15, 0.2) is 18.2 Å². The molecule has 0 aliphatic heterocycles. The van der Waals surface area contributed by atoms with Crippen molar-refractivity contribution in [2.75, 3.05) is 13.7 Å². The summed E-state index contributed by atoms with van der Waals surface area (Å²) in [5, 5.41) is 0. The van der Waals surface area contributed by atoms with Gasteiger partial charge in [0.15, 0.2) is 0 Å². The minimum absolute atomic E-state index is 0.106. The van der Waals surface area contributed by atoms with Crippen LogP contribution in [0.3, 0.4) is 0 Å². The normalized spacial score (nSPS) is 19.1. The molecule has 0 unspecified atom stereocenters. The molecule has 1 aliphatic rings. The van der Waals surface area contributed by atoms with Gasteiger partial charge in [0, 0.05) is 18.0 Å². The van der Waals surface area contributed by atoms with Gasteiger partial charge in [0.05, 0.1) is 12.8 Å². The maximum Gasteiger partial charge on any atom is 0.213 e. The predicted octanol–water partition coefficient (Wildman–Crippen LogP) is 1.86. The number of hydrogen-bond donors (Lipinski definition) is 1. The van der Waals surface area contributed by atoms with Crippen molar-refractivity contribution in [3.63, 3.8) is 0 Å². The minimum atomic E-state index is 0.106. The van der Waals surface area contributed by atoms with Gasteiger partial charge < -0.3 is 10.5 Å². The highest BCUT2D eigenvalue weighted by Gasteiger charge is 2.35. The van der Waals surface area contributed by atoms with E-state index >= 15 is 0 Å². The molecule has 1 aliphatic carbocycles. The van der Waals surface area contributed by atoms with Crippen LogP contribution in [-0.2, 0) is 5.41 Å². The molecule has 15 heavy (non-hydrogen) atoms. The standard InChI is InChI=1S/C12H18N2O/c1-15-11-6-4-5-10(14-11)12(9-13)7-2-3-8-12/h4-6H,2-3,7-9,13H2,1H3. The Morgan fingerprint density at radius 2 is 2.13 bits per heavy atom. The molecule has 1 aromatic rings. The molecule has 0 radical (unpaired) electrons. The Morgan fingerprint density at radius 1 is 1.40 bits per heavy atom. The van der Waals surface area contributed by atoms with Gasteiger partial charge in [-0.05, 0) is 18.9 Å². The summed E-state index contributed by atoms with van der Waals surface area (Å²) in [6, 6.07) is 5.94. The van der Waals surface area contributed by atoms with Gasteiger partial charge in [-0.3, -0.25) is 0 Å². The number of aromatic nitrogens is 1. The topological polar surface area (TPSA) is 48.1 Å². The molecule has 2 rings (SSSR count). The number of ether oxygens (including phenoxy) is 1. The van der Waals surface area contributed by atoms with Crippen molar-refractivity contribution in [1.82, 2.24) is 4.98 Å². The summed E-state index contributed by atoms with van der Waals surface area (Å²) in [6.45, 7) is 0.688. The van der Waals surface area contributed by atoms with E-state index in [9.17, 15) is 0 Å². The highest BCUT2D eigenvalue weighted by Crippen LogP contribution is 2.39. The van der Waals surface area contributed by atoms with Crippen LogP contribution in [0.1, 0.15) is 31.4 Å². The molecule has 0 saturated heterocycles. The number of methoxy groups -OCH3 is 1. The van der Waals surface area contributed by atoms with E-state index in [1.54, 1.807) is 7.11 Å². The largest absolute Gasteiger partial charge is 0.481 e. The third kappa shape index (κ3) is 1.84. The molecule has 0 amide bonds. The monoisotopic (exact) mass is 206 g/mol.